The molecule has 1 unspecified atom stereocenters. The minimum atomic E-state index is 0.498. The summed E-state index contributed by atoms with van der Waals surface area (Å²) in [6, 6.07) is 0. The fraction of sp³-hybridized carbons (Fsp3) is 0.636. The first-order chi connectivity index (χ1) is 5.58. The van der Waals surface area contributed by atoms with Crippen LogP contribution in [0, 0.1) is 11.3 Å². The van der Waals surface area contributed by atoms with E-state index >= 15 is 0 Å². The Hall–Kier alpha value is -0.720. The molecule has 0 aromatic carbocycles. The van der Waals surface area contributed by atoms with Crippen LogP contribution >= 0.6 is 0 Å². The Morgan fingerprint density at radius 1 is 1.67 bits per heavy atom. The van der Waals surface area contributed by atoms with Crippen molar-refractivity contribution in [2.24, 2.45) is 11.3 Å². The average molecular weight is 165 g/mol. The highest BCUT2D eigenvalue weighted by molar-refractivity contribution is 5.14. The van der Waals surface area contributed by atoms with Crippen LogP contribution in [0.15, 0.2) is 24.9 Å². The molecule has 0 spiro atoms. The molecule has 0 amide bonds. The summed E-state index contributed by atoms with van der Waals surface area (Å²) in [5, 5.41) is 3.34. The van der Waals surface area contributed by atoms with Crippen LogP contribution in [0.3, 0.4) is 0 Å². The van der Waals surface area contributed by atoms with Crippen molar-refractivity contribution in [2.75, 3.05) is 6.54 Å². The van der Waals surface area contributed by atoms with Crippen molar-refractivity contribution in [3.8, 4) is 0 Å². The lowest BCUT2D eigenvalue weighted by molar-refractivity contribution is 0.574. The van der Waals surface area contributed by atoms with Gasteiger partial charge in [-0.05, 0) is 18.3 Å². The number of allylic oxidation sites excluding steroid dienone is 1. The van der Waals surface area contributed by atoms with Gasteiger partial charge >= 0.3 is 0 Å². The summed E-state index contributed by atoms with van der Waals surface area (Å²) in [4.78, 5) is 0. The second-order valence-corrected chi connectivity index (χ2v) is 4.27. The molecule has 1 N–H and O–H groups in total. The minimum absolute atomic E-state index is 0.498. The molecule has 68 valence electrons. The first-order valence-corrected chi connectivity index (χ1v) is 4.61. The summed E-state index contributed by atoms with van der Waals surface area (Å²) >= 11 is 0. The number of hydrogen-bond donors (Lipinski definition) is 1. The maximum absolute atomic E-state index is 4.04. The van der Waals surface area contributed by atoms with E-state index in [1.807, 2.05) is 6.08 Å². The molecule has 0 bridgehead atoms. The molecule has 1 saturated carbocycles. The SMILES string of the molecule is C=CCCNC(=C)C1CC1(C)C. The van der Waals surface area contributed by atoms with Crippen LogP contribution in [0.4, 0.5) is 0 Å². The Morgan fingerprint density at radius 3 is 2.67 bits per heavy atom. The fourth-order valence-corrected chi connectivity index (χ4v) is 1.52. The van der Waals surface area contributed by atoms with Crippen molar-refractivity contribution >= 4 is 0 Å². The lowest BCUT2D eigenvalue weighted by Gasteiger charge is -2.09. The highest BCUT2D eigenvalue weighted by Crippen LogP contribution is 2.54. The summed E-state index contributed by atoms with van der Waals surface area (Å²) in [5.74, 6) is 0.697. The van der Waals surface area contributed by atoms with Gasteiger partial charge in [-0.25, -0.2) is 0 Å². The minimum Gasteiger partial charge on any atom is -0.388 e. The zero-order valence-corrected chi connectivity index (χ0v) is 8.19. The highest BCUT2D eigenvalue weighted by Gasteiger charge is 2.47. The molecule has 0 saturated heterocycles. The fourth-order valence-electron chi connectivity index (χ4n) is 1.52. The quantitative estimate of drug-likeness (QED) is 0.488. The molecule has 1 rings (SSSR count). The van der Waals surface area contributed by atoms with Gasteiger partial charge < -0.3 is 5.32 Å². The van der Waals surface area contributed by atoms with Crippen LogP contribution in [0.2, 0.25) is 0 Å². The normalized spacial score (nSPS) is 24.7. The molecule has 0 aliphatic heterocycles. The molecule has 1 nitrogen and oxygen atoms in total. The van der Waals surface area contributed by atoms with E-state index in [2.05, 4.69) is 32.3 Å². The lowest BCUT2D eigenvalue weighted by atomic mass is 10.1. The van der Waals surface area contributed by atoms with Gasteiger partial charge in [-0.2, -0.15) is 0 Å². The Labute approximate surface area is 75.6 Å². The second-order valence-electron chi connectivity index (χ2n) is 4.27. The first-order valence-electron chi connectivity index (χ1n) is 4.61. The molecule has 1 heteroatoms. The van der Waals surface area contributed by atoms with Crippen LogP contribution < -0.4 is 5.32 Å². The summed E-state index contributed by atoms with van der Waals surface area (Å²) in [7, 11) is 0. The molecule has 1 aliphatic rings. The predicted molar refractivity (Wildman–Crippen MR) is 53.8 cm³/mol. The van der Waals surface area contributed by atoms with Crippen LogP contribution in [-0.2, 0) is 0 Å². The van der Waals surface area contributed by atoms with Crippen molar-refractivity contribution < 1.29 is 0 Å². The molecule has 0 radical (unpaired) electrons. The third-order valence-corrected chi connectivity index (χ3v) is 2.63. The van der Waals surface area contributed by atoms with E-state index in [4.69, 9.17) is 0 Å². The molecule has 1 fully saturated rings. The van der Waals surface area contributed by atoms with Crippen molar-refractivity contribution in [3.63, 3.8) is 0 Å². The van der Waals surface area contributed by atoms with Gasteiger partial charge in [0.2, 0.25) is 0 Å². The van der Waals surface area contributed by atoms with Crippen LogP contribution in [0.25, 0.3) is 0 Å². The lowest BCUT2D eigenvalue weighted by Crippen LogP contribution is -2.16. The van der Waals surface area contributed by atoms with E-state index in [1.54, 1.807) is 0 Å². The van der Waals surface area contributed by atoms with E-state index in [9.17, 15) is 0 Å². The smallest absolute Gasteiger partial charge is 0.0178 e. The Bertz CT molecular complexity index is 191. The summed E-state index contributed by atoms with van der Waals surface area (Å²) < 4.78 is 0. The first kappa shape index (κ1) is 9.37. The third kappa shape index (κ3) is 2.13. The van der Waals surface area contributed by atoms with Crippen molar-refractivity contribution in [1.82, 2.24) is 5.32 Å². The van der Waals surface area contributed by atoms with Crippen molar-refractivity contribution in [1.29, 1.82) is 0 Å². The summed E-state index contributed by atoms with van der Waals surface area (Å²) in [5.41, 5.74) is 1.71. The van der Waals surface area contributed by atoms with E-state index in [1.165, 1.54) is 12.1 Å². The molecule has 1 atom stereocenters. The highest BCUT2D eigenvalue weighted by atomic mass is 14.9. The Kier molecular flexibility index (Phi) is 2.61. The Morgan fingerprint density at radius 2 is 2.25 bits per heavy atom. The van der Waals surface area contributed by atoms with Gasteiger partial charge in [-0.3, -0.25) is 0 Å². The van der Waals surface area contributed by atoms with Crippen LogP contribution in [-0.4, -0.2) is 6.54 Å². The monoisotopic (exact) mass is 165 g/mol. The number of nitrogens with one attached hydrogen (secondary N) is 1. The maximum Gasteiger partial charge on any atom is 0.0178 e. The zero-order valence-electron chi connectivity index (χ0n) is 8.19. The van der Waals surface area contributed by atoms with E-state index in [0.29, 0.717) is 11.3 Å². The predicted octanol–water partition coefficient (Wildman–Crippen LogP) is 2.71. The van der Waals surface area contributed by atoms with Gasteiger partial charge in [-0.15, -0.1) is 6.58 Å². The van der Waals surface area contributed by atoms with Gasteiger partial charge in [0.05, 0.1) is 0 Å². The largest absolute Gasteiger partial charge is 0.388 e. The number of hydrogen-bond acceptors (Lipinski definition) is 1. The topological polar surface area (TPSA) is 12.0 Å². The number of rotatable bonds is 5. The Balaban J connectivity index is 2.18. The third-order valence-electron chi connectivity index (χ3n) is 2.63. The zero-order chi connectivity index (χ0) is 9.19. The summed E-state index contributed by atoms with van der Waals surface area (Å²) in [6.45, 7) is 13.3. The van der Waals surface area contributed by atoms with Gasteiger partial charge in [0.1, 0.15) is 0 Å². The van der Waals surface area contributed by atoms with Crippen molar-refractivity contribution in [3.05, 3.63) is 24.9 Å². The average Bonchev–Trinajstić information content (AvgIpc) is 2.60. The summed E-state index contributed by atoms with van der Waals surface area (Å²) in [6.07, 6.45) is 4.23. The van der Waals surface area contributed by atoms with E-state index in [-0.39, 0.29) is 0 Å². The molecule has 12 heavy (non-hydrogen) atoms. The van der Waals surface area contributed by atoms with Gasteiger partial charge in [0, 0.05) is 18.2 Å². The van der Waals surface area contributed by atoms with Gasteiger partial charge in [0.15, 0.2) is 0 Å². The van der Waals surface area contributed by atoms with Crippen LogP contribution in [0.1, 0.15) is 26.7 Å². The standard InChI is InChI=1S/C11H19N/c1-5-6-7-12-9(2)10-8-11(10,3)4/h5,10,12H,1-2,6-8H2,3-4H3. The molecule has 0 aromatic heterocycles. The van der Waals surface area contributed by atoms with Gasteiger partial charge in [-0.1, -0.05) is 26.5 Å². The molecular formula is C11H19N. The second kappa shape index (κ2) is 3.34. The maximum atomic E-state index is 4.04. The van der Waals surface area contributed by atoms with E-state index in [0.717, 1.165) is 13.0 Å². The van der Waals surface area contributed by atoms with Gasteiger partial charge in [0.25, 0.3) is 0 Å². The van der Waals surface area contributed by atoms with Crippen molar-refractivity contribution in [2.45, 2.75) is 26.7 Å². The molecular weight excluding hydrogens is 146 g/mol. The molecule has 1 aliphatic carbocycles. The van der Waals surface area contributed by atoms with E-state index < -0.39 is 0 Å². The molecule has 0 aromatic rings. The van der Waals surface area contributed by atoms with Crippen LogP contribution in [0.5, 0.6) is 0 Å². The molecule has 0 heterocycles.